The SMILES string of the molecule is Cc1ccc(C(CC(O)c2ccc3ccccc3c2)Nc2ccc(C)c(C)c2)cc1. The highest BCUT2D eigenvalue weighted by molar-refractivity contribution is 5.83. The Bertz CT molecular complexity index is 1150. The van der Waals surface area contributed by atoms with E-state index in [4.69, 9.17) is 0 Å². The first-order valence-electron chi connectivity index (χ1n) is 10.6. The predicted molar refractivity (Wildman–Crippen MR) is 127 cm³/mol. The fraction of sp³-hybridized carbons (Fsp3) is 0.214. The first-order valence-corrected chi connectivity index (χ1v) is 10.6. The van der Waals surface area contributed by atoms with Crippen LogP contribution in [0, 0.1) is 20.8 Å². The number of hydrogen-bond donors (Lipinski definition) is 2. The van der Waals surface area contributed by atoms with Crippen LogP contribution in [-0.2, 0) is 0 Å². The van der Waals surface area contributed by atoms with Crippen LogP contribution in [0.5, 0.6) is 0 Å². The van der Waals surface area contributed by atoms with Crippen molar-refractivity contribution in [3.8, 4) is 0 Å². The fourth-order valence-electron chi connectivity index (χ4n) is 3.88. The van der Waals surface area contributed by atoms with Gasteiger partial charge < -0.3 is 10.4 Å². The van der Waals surface area contributed by atoms with E-state index in [1.807, 2.05) is 18.2 Å². The summed E-state index contributed by atoms with van der Waals surface area (Å²) in [5.74, 6) is 0. The molecule has 0 amide bonds. The smallest absolute Gasteiger partial charge is 0.0813 e. The van der Waals surface area contributed by atoms with Crippen molar-refractivity contribution in [2.24, 2.45) is 0 Å². The molecule has 0 saturated carbocycles. The van der Waals surface area contributed by atoms with Crippen molar-refractivity contribution >= 4 is 16.5 Å². The zero-order valence-electron chi connectivity index (χ0n) is 17.9. The molecule has 0 bridgehead atoms. The average molecular weight is 396 g/mol. The topological polar surface area (TPSA) is 32.3 Å². The van der Waals surface area contributed by atoms with E-state index < -0.39 is 6.10 Å². The van der Waals surface area contributed by atoms with Crippen LogP contribution in [0.2, 0.25) is 0 Å². The molecule has 0 aromatic heterocycles. The molecule has 4 aromatic rings. The van der Waals surface area contributed by atoms with Gasteiger partial charge in [-0.25, -0.2) is 0 Å². The zero-order valence-corrected chi connectivity index (χ0v) is 17.9. The van der Waals surface area contributed by atoms with E-state index in [0.717, 1.165) is 16.6 Å². The second-order valence-corrected chi connectivity index (χ2v) is 8.26. The van der Waals surface area contributed by atoms with Crippen molar-refractivity contribution in [3.05, 3.63) is 113 Å². The Morgan fingerprint density at radius 2 is 1.40 bits per heavy atom. The van der Waals surface area contributed by atoms with Crippen molar-refractivity contribution in [2.75, 3.05) is 5.32 Å². The lowest BCUT2D eigenvalue weighted by atomic mass is 9.94. The number of aliphatic hydroxyl groups excluding tert-OH is 1. The van der Waals surface area contributed by atoms with Gasteiger partial charge in [-0.1, -0.05) is 72.3 Å². The van der Waals surface area contributed by atoms with Crippen LogP contribution in [0.15, 0.2) is 84.9 Å². The first kappa shape index (κ1) is 20.2. The third-order valence-electron chi connectivity index (χ3n) is 5.94. The first-order chi connectivity index (χ1) is 14.5. The van der Waals surface area contributed by atoms with E-state index in [9.17, 15) is 5.11 Å². The van der Waals surface area contributed by atoms with Gasteiger partial charge in [-0.2, -0.15) is 0 Å². The lowest BCUT2D eigenvalue weighted by Crippen LogP contribution is -2.15. The number of nitrogens with one attached hydrogen (secondary N) is 1. The minimum atomic E-state index is -0.556. The second kappa shape index (κ2) is 8.73. The van der Waals surface area contributed by atoms with Crippen LogP contribution in [0.25, 0.3) is 10.8 Å². The van der Waals surface area contributed by atoms with Gasteiger partial charge in [0.2, 0.25) is 0 Å². The number of aliphatic hydroxyl groups is 1. The molecule has 0 aliphatic rings. The predicted octanol–water partition coefficient (Wildman–Crippen LogP) is 7.04. The molecule has 0 saturated heterocycles. The van der Waals surface area contributed by atoms with Crippen molar-refractivity contribution < 1.29 is 5.11 Å². The molecule has 4 aromatic carbocycles. The summed E-state index contributed by atoms with van der Waals surface area (Å²) in [5.41, 5.74) is 6.99. The molecule has 0 spiro atoms. The van der Waals surface area contributed by atoms with Crippen LogP contribution in [0.1, 0.15) is 46.4 Å². The van der Waals surface area contributed by atoms with Gasteiger partial charge in [-0.05, 0) is 72.0 Å². The van der Waals surface area contributed by atoms with E-state index in [-0.39, 0.29) is 6.04 Å². The Kier molecular flexibility index (Phi) is 5.87. The molecular weight excluding hydrogens is 366 g/mol. The lowest BCUT2D eigenvalue weighted by Gasteiger charge is -2.24. The normalized spacial score (nSPS) is 13.2. The van der Waals surface area contributed by atoms with Gasteiger partial charge in [0.25, 0.3) is 0 Å². The molecule has 30 heavy (non-hydrogen) atoms. The Balaban J connectivity index is 1.62. The average Bonchev–Trinajstić information content (AvgIpc) is 2.76. The van der Waals surface area contributed by atoms with Crippen LogP contribution in [0.3, 0.4) is 0 Å². The van der Waals surface area contributed by atoms with Gasteiger partial charge in [-0.15, -0.1) is 0 Å². The largest absolute Gasteiger partial charge is 0.388 e. The van der Waals surface area contributed by atoms with Crippen molar-refractivity contribution in [1.29, 1.82) is 0 Å². The Labute approximate surface area is 179 Å². The maximum absolute atomic E-state index is 11.1. The molecule has 0 radical (unpaired) electrons. The Morgan fingerprint density at radius 3 is 2.13 bits per heavy atom. The molecule has 2 N–H and O–H groups in total. The van der Waals surface area contributed by atoms with E-state index in [1.165, 1.54) is 27.6 Å². The number of aryl methyl sites for hydroxylation is 3. The molecule has 0 fully saturated rings. The van der Waals surface area contributed by atoms with E-state index in [2.05, 4.69) is 92.8 Å². The van der Waals surface area contributed by atoms with Crippen LogP contribution in [0.4, 0.5) is 5.69 Å². The molecule has 2 heteroatoms. The van der Waals surface area contributed by atoms with E-state index in [0.29, 0.717) is 6.42 Å². The minimum Gasteiger partial charge on any atom is -0.388 e. The zero-order chi connectivity index (χ0) is 21.1. The molecule has 4 rings (SSSR count). The molecule has 0 heterocycles. The third kappa shape index (κ3) is 4.55. The second-order valence-electron chi connectivity index (χ2n) is 8.26. The summed E-state index contributed by atoms with van der Waals surface area (Å²) < 4.78 is 0. The van der Waals surface area contributed by atoms with Gasteiger partial charge in [0.15, 0.2) is 0 Å². The molecule has 2 atom stereocenters. The maximum atomic E-state index is 11.1. The summed E-state index contributed by atoms with van der Waals surface area (Å²) in [4.78, 5) is 0. The Morgan fingerprint density at radius 1 is 0.700 bits per heavy atom. The molecule has 0 aliphatic carbocycles. The van der Waals surface area contributed by atoms with Crippen molar-refractivity contribution in [2.45, 2.75) is 39.3 Å². The maximum Gasteiger partial charge on any atom is 0.0813 e. The molecule has 152 valence electrons. The lowest BCUT2D eigenvalue weighted by molar-refractivity contribution is 0.161. The van der Waals surface area contributed by atoms with Gasteiger partial charge in [0.1, 0.15) is 0 Å². The molecule has 2 nitrogen and oxygen atoms in total. The third-order valence-corrected chi connectivity index (χ3v) is 5.94. The number of rotatable bonds is 6. The van der Waals surface area contributed by atoms with Crippen LogP contribution < -0.4 is 5.32 Å². The molecular formula is C28H29NO. The van der Waals surface area contributed by atoms with Gasteiger partial charge in [0, 0.05) is 12.1 Å². The number of hydrogen-bond acceptors (Lipinski definition) is 2. The van der Waals surface area contributed by atoms with E-state index in [1.54, 1.807) is 0 Å². The van der Waals surface area contributed by atoms with Crippen LogP contribution in [-0.4, -0.2) is 5.11 Å². The van der Waals surface area contributed by atoms with Crippen molar-refractivity contribution in [1.82, 2.24) is 0 Å². The quantitative estimate of drug-likeness (QED) is 0.367. The number of fused-ring (bicyclic) bond motifs is 1. The van der Waals surface area contributed by atoms with E-state index >= 15 is 0 Å². The number of anilines is 1. The highest BCUT2D eigenvalue weighted by atomic mass is 16.3. The highest BCUT2D eigenvalue weighted by Gasteiger charge is 2.18. The summed E-state index contributed by atoms with van der Waals surface area (Å²) in [7, 11) is 0. The Hall–Kier alpha value is -3.10. The molecule has 0 aliphatic heterocycles. The summed E-state index contributed by atoms with van der Waals surface area (Å²) in [5, 5.41) is 17.1. The molecule has 2 unspecified atom stereocenters. The standard InChI is InChI=1S/C28H29NO/c1-19-8-11-23(12-9-19)27(29-26-15-10-20(2)21(3)16-26)18-28(30)25-14-13-22-6-4-5-7-24(22)17-25/h4-17,27-30H,18H2,1-3H3. The van der Waals surface area contributed by atoms with Crippen LogP contribution >= 0.6 is 0 Å². The summed E-state index contributed by atoms with van der Waals surface area (Å²) in [6.45, 7) is 6.35. The summed E-state index contributed by atoms with van der Waals surface area (Å²) in [6, 6.07) is 29.5. The summed E-state index contributed by atoms with van der Waals surface area (Å²) >= 11 is 0. The fourth-order valence-corrected chi connectivity index (χ4v) is 3.88. The van der Waals surface area contributed by atoms with Gasteiger partial charge in [-0.3, -0.25) is 0 Å². The minimum absolute atomic E-state index is 0.00850. The highest BCUT2D eigenvalue weighted by Crippen LogP contribution is 2.31. The number of benzene rings is 4. The van der Waals surface area contributed by atoms with Gasteiger partial charge >= 0.3 is 0 Å². The van der Waals surface area contributed by atoms with Crippen molar-refractivity contribution in [3.63, 3.8) is 0 Å². The monoisotopic (exact) mass is 395 g/mol. The summed E-state index contributed by atoms with van der Waals surface area (Å²) in [6.07, 6.45) is 0.0360. The van der Waals surface area contributed by atoms with Gasteiger partial charge in [0.05, 0.1) is 12.1 Å².